The SMILES string of the molecule is C=CCN(CCC)S(=O)(=O)c1cc(CNC2CC2)sc1Br. The van der Waals surface area contributed by atoms with Crippen LogP contribution in [0.25, 0.3) is 0 Å². The summed E-state index contributed by atoms with van der Waals surface area (Å²) in [5, 5.41) is 3.41. The van der Waals surface area contributed by atoms with E-state index in [1.54, 1.807) is 12.1 Å². The molecule has 1 heterocycles. The summed E-state index contributed by atoms with van der Waals surface area (Å²) in [6.45, 7) is 7.20. The lowest BCUT2D eigenvalue weighted by molar-refractivity contribution is 0.441. The molecule has 118 valence electrons. The Morgan fingerprint density at radius 1 is 1.57 bits per heavy atom. The highest BCUT2D eigenvalue weighted by Crippen LogP contribution is 2.34. The standard InChI is InChI=1S/C14H21BrN2O2S2/c1-3-7-17(8-4-2)21(18,19)13-9-12(20-14(13)15)10-16-11-5-6-11/h3,9,11,16H,1,4-8,10H2,2H3. The Kier molecular flexibility index (Phi) is 6.02. The lowest BCUT2D eigenvalue weighted by Crippen LogP contribution is -2.32. The monoisotopic (exact) mass is 392 g/mol. The third kappa shape index (κ3) is 4.39. The van der Waals surface area contributed by atoms with E-state index >= 15 is 0 Å². The first-order valence-electron chi connectivity index (χ1n) is 7.11. The molecule has 0 amide bonds. The molecule has 0 aromatic carbocycles. The highest BCUT2D eigenvalue weighted by molar-refractivity contribution is 9.11. The van der Waals surface area contributed by atoms with Crippen molar-refractivity contribution in [1.82, 2.24) is 9.62 Å². The summed E-state index contributed by atoms with van der Waals surface area (Å²) in [4.78, 5) is 1.41. The number of halogens is 1. The fourth-order valence-electron chi connectivity index (χ4n) is 2.04. The number of thiophene rings is 1. The largest absolute Gasteiger partial charge is 0.309 e. The van der Waals surface area contributed by atoms with Crippen LogP contribution in [0.15, 0.2) is 27.4 Å². The Bertz CT molecular complexity index is 594. The van der Waals surface area contributed by atoms with Crippen LogP contribution < -0.4 is 5.32 Å². The van der Waals surface area contributed by atoms with Gasteiger partial charge in [0.05, 0.1) is 3.79 Å². The number of hydrogen-bond acceptors (Lipinski definition) is 4. The molecular formula is C14H21BrN2O2S2. The molecule has 21 heavy (non-hydrogen) atoms. The van der Waals surface area contributed by atoms with E-state index in [1.807, 2.05) is 6.92 Å². The zero-order valence-corrected chi connectivity index (χ0v) is 15.4. The van der Waals surface area contributed by atoms with Crippen molar-refractivity contribution in [2.45, 2.75) is 43.7 Å². The van der Waals surface area contributed by atoms with E-state index in [0.29, 0.717) is 27.8 Å². The average Bonchev–Trinajstić information content (AvgIpc) is 3.18. The molecule has 0 unspecified atom stereocenters. The molecule has 0 bridgehead atoms. The van der Waals surface area contributed by atoms with Crippen LogP contribution in [0.3, 0.4) is 0 Å². The molecule has 7 heteroatoms. The molecule has 1 aromatic rings. The van der Waals surface area contributed by atoms with Gasteiger partial charge in [0.2, 0.25) is 10.0 Å². The third-order valence-corrected chi connectivity index (χ3v) is 7.39. The zero-order chi connectivity index (χ0) is 15.5. The maximum atomic E-state index is 12.7. The van der Waals surface area contributed by atoms with E-state index in [1.165, 1.54) is 28.5 Å². The van der Waals surface area contributed by atoms with Crippen molar-refractivity contribution in [2.24, 2.45) is 0 Å². The number of rotatable bonds is 9. The van der Waals surface area contributed by atoms with Crippen molar-refractivity contribution in [1.29, 1.82) is 0 Å². The lowest BCUT2D eigenvalue weighted by Gasteiger charge is -2.19. The first-order valence-corrected chi connectivity index (χ1v) is 10.2. The van der Waals surface area contributed by atoms with Crippen molar-refractivity contribution in [2.75, 3.05) is 13.1 Å². The van der Waals surface area contributed by atoms with Crippen LogP contribution in [-0.4, -0.2) is 31.9 Å². The molecular weight excluding hydrogens is 372 g/mol. The first kappa shape index (κ1) is 17.1. The zero-order valence-electron chi connectivity index (χ0n) is 12.1. The Balaban J connectivity index is 2.18. The first-order chi connectivity index (χ1) is 9.98. The average molecular weight is 393 g/mol. The normalized spacial score (nSPS) is 15.6. The quantitative estimate of drug-likeness (QED) is 0.655. The Morgan fingerprint density at radius 2 is 2.29 bits per heavy atom. The molecule has 0 radical (unpaired) electrons. The number of hydrogen-bond donors (Lipinski definition) is 1. The van der Waals surface area contributed by atoms with Gasteiger partial charge in [-0.2, -0.15) is 4.31 Å². The van der Waals surface area contributed by atoms with Gasteiger partial charge in [-0.05, 0) is 41.3 Å². The summed E-state index contributed by atoms with van der Waals surface area (Å²) in [6.07, 6.45) is 4.86. The van der Waals surface area contributed by atoms with E-state index in [9.17, 15) is 8.42 Å². The maximum absolute atomic E-state index is 12.7. The smallest absolute Gasteiger partial charge is 0.245 e. The predicted molar refractivity (Wildman–Crippen MR) is 91.1 cm³/mol. The molecule has 1 saturated carbocycles. The molecule has 0 spiro atoms. The summed E-state index contributed by atoms with van der Waals surface area (Å²) >= 11 is 4.89. The highest BCUT2D eigenvalue weighted by atomic mass is 79.9. The van der Waals surface area contributed by atoms with Gasteiger partial charge in [-0.25, -0.2) is 8.42 Å². The van der Waals surface area contributed by atoms with Gasteiger partial charge in [0.15, 0.2) is 0 Å². The van der Waals surface area contributed by atoms with Gasteiger partial charge in [-0.15, -0.1) is 17.9 Å². The second-order valence-corrected chi connectivity index (χ2v) is 9.52. The van der Waals surface area contributed by atoms with Crippen LogP contribution in [0, 0.1) is 0 Å². The Labute approximate surface area is 139 Å². The van der Waals surface area contributed by atoms with Crippen LogP contribution >= 0.6 is 27.3 Å². The summed E-state index contributed by atoms with van der Waals surface area (Å²) in [5.41, 5.74) is 0. The minimum atomic E-state index is -3.46. The minimum Gasteiger partial charge on any atom is -0.309 e. The molecule has 1 aromatic heterocycles. The minimum absolute atomic E-state index is 0.341. The molecule has 1 N–H and O–H groups in total. The van der Waals surface area contributed by atoms with Gasteiger partial charge in [0.1, 0.15) is 4.90 Å². The number of nitrogens with zero attached hydrogens (tertiary/aromatic N) is 1. The molecule has 1 fully saturated rings. The van der Waals surface area contributed by atoms with Gasteiger partial charge in [0, 0.05) is 30.6 Å². The second kappa shape index (κ2) is 7.37. The summed E-state index contributed by atoms with van der Waals surface area (Å²) in [6, 6.07) is 2.40. The Morgan fingerprint density at radius 3 is 2.86 bits per heavy atom. The summed E-state index contributed by atoms with van der Waals surface area (Å²) in [7, 11) is -3.46. The molecule has 2 rings (SSSR count). The van der Waals surface area contributed by atoms with Crippen molar-refractivity contribution in [3.8, 4) is 0 Å². The summed E-state index contributed by atoms with van der Waals surface area (Å²) < 4.78 is 27.6. The molecule has 4 nitrogen and oxygen atoms in total. The van der Waals surface area contributed by atoms with Gasteiger partial charge < -0.3 is 5.32 Å². The predicted octanol–water partition coefficient (Wildman–Crippen LogP) is 3.35. The highest BCUT2D eigenvalue weighted by Gasteiger charge is 2.27. The van der Waals surface area contributed by atoms with Crippen molar-refractivity contribution in [3.05, 3.63) is 27.4 Å². The topological polar surface area (TPSA) is 49.4 Å². The van der Waals surface area contributed by atoms with Gasteiger partial charge >= 0.3 is 0 Å². The van der Waals surface area contributed by atoms with Gasteiger partial charge in [0.25, 0.3) is 0 Å². The lowest BCUT2D eigenvalue weighted by atomic mass is 10.4. The van der Waals surface area contributed by atoms with Crippen LogP contribution in [0.1, 0.15) is 31.1 Å². The second-order valence-electron chi connectivity index (χ2n) is 5.16. The number of sulfonamides is 1. The molecule has 1 aliphatic carbocycles. The molecule has 0 atom stereocenters. The van der Waals surface area contributed by atoms with E-state index in [-0.39, 0.29) is 0 Å². The van der Waals surface area contributed by atoms with Crippen molar-refractivity contribution >= 4 is 37.3 Å². The van der Waals surface area contributed by atoms with E-state index in [4.69, 9.17) is 0 Å². The van der Waals surface area contributed by atoms with E-state index < -0.39 is 10.0 Å². The number of nitrogens with one attached hydrogen (secondary N) is 1. The maximum Gasteiger partial charge on any atom is 0.245 e. The molecule has 1 aliphatic rings. The van der Waals surface area contributed by atoms with E-state index in [0.717, 1.165) is 17.8 Å². The fourth-order valence-corrected chi connectivity index (χ4v) is 6.12. The Hall–Kier alpha value is -0.210. The van der Waals surface area contributed by atoms with Crippen LogP contribution in [0.4, 0.5) is 0 Å². The molecule has 0 aliphatic heterocycles. The van der Waals surface area contributed by atoms with Crippen LogP contribution in [-0.2, 0) is 16.6 Å². The van der Waals surface area contributed by atoms with E-state index in [2.05, 4.69) is 27.8 Å². The van der Waals surface area contributed by atoms with Crippen LogP contribution in [0.5, 0.6) is 0 Å². The van der Waals surface area contributed by atoms with Gasteiger partial charge in [-0.3, -0.25) is 0 Å². The van der Waals surface area contributed by atoms with Crippen molar-refractivity contribution in [3.63, 3.8) is 0 Å². The van der Waals surface area contributed by atoms with Crippen molar-refractivity contribution < 1.29 is 8.42 Å². The third-order valence-electron chi connectivity index (χ3n) is 3.27. The van der Waals surface area contributed by atoms with Gasteiger partial charge in [-0.1, -0.05) is 13.0 Å². The summed E-state index contributed by atoms with van der Waals surface area (Å²) in [5.74, 6) is 0. The fraction of sp³-hybridized carbons (Fsp3) is 0.571. The van der Waals surface area contributed by atoms with Crippen LogP contribution in [0.2, 0.25) is 0 Å². The molecule has 0 saturated heterocycles.